The summed E-state index contributed by atoms with van der Waals surface area (Å²) >= 11 is 0. The van der Waals surface area contributed by atoms with E-state index in [-0.39, 0.29) is 17.8 Å². The van der Waals surface area contributed by atoms with Crippen molar-refractivity contribution in [2.24, 2.45) is 0 Å². The lowest BCUT2D eigenvalue weighted by atomic mass is 10.1. The largest absolute Gasteiger partial charge is 0.353 e. The van der Waals surface area contributed by atoms with E-state index in [2.05, 4.69) is 20.2 Å². The number of fused-ring (bicyclic) bond motifs is 1. The van der Waals surface area contributed by atoms with Crippen LogP contribution in [-0.2, 0) is 4.79 Å². The first kappa shape index (κ1) is 19.3. The van der Waals surface area contributed by atoms with E-state index in [0.717, 1.165) is 29.6 Å². The molecule has 3 heterocycles. The van der Waals surface area contributed by atoms with Gasteiger partial charge in [0.15, 0.2) is 11.6 Å². The van der Waals surface area contributed by atoms with Gasteiger partial charge in [0.2, 0.25) is 5.91 Å². The highest BCUT2D eigenvalue weighted by Crippen LogP contribution is 2.22. The molecule has 3 aromatic rings. The minimum absolute atomic E-state index is 0.0566. The Morgan fingerprint density at radius 3 is 2.72 bits per heavy atom. The van der Waals surface area contributed by atoms with Crippen molar-refractivity contribution in [1.29, 1.82) is 0 Å². The Hall–Kier alpha value is -3.06. The lowest BCUT2D eigenvalue weighted by Crippen LogP contribution is -2.44. The molecule has 1 aliphatic heterocycles. The number of hydrogen-bond donors (Lipinski definition) is 1. The molecule has 1 atom stereocenters. The highest BCUT2D eigenvalue weighted by Gasteiger charge is 2.25. The second kappa shape index (κ2) is 8.53. The number of nitrogens with one attached hydrogen (secondary N) is 1. The predicted octanol–water partition coefficient (Wildman–Crippen LogP) is 3.31. The molecule has 0 radical (unpaired) electrons. The first-order valence-corrected chi connectivity index (χ1v) is 9.87. The SMILES string of the molecule is C[C@H](C(=O)Nc1cccc2ncccc12)N1CCCN(c2ncccc2F)CC1. The van der Waals surface area contributed by atoms with Gasteiger partial charge in [-0.25, -0.2) is 9.37 Å². The maximum absolute atomic E-state index is 14.1. The van der Waals surface area contributed by atoms with Crippen molar-refractivity contribution in [2.45, 2.75) is 19.4 Å². The number of carbonyl (C=O) groups is 1. The van der Waals surface area contributed by atoms with Crippen LogP contribution < -0.4 is 10.2 Å². The number of pyridine rings is 2. The van der Waals surface area contributed by atoms with Crippen molar-refractivity contribution in [3.63, 3.8) is 0 Å². The Morgan fingerprint density at radius 2 is 1.86 bits per heavy atom. The lowest BCUT2D eigenvalue weighted by Gasteiger charge is -2.27. The van der Waals surface area contributed by atoms with Gasteiger partial charge in [0.05, 0.1) is 17.2 Å². The molecule has 150 valence electrons. The fourth-order valence-corrected chi connectivity index (χ4v) is 3.76. The maximum Gasteiger partial charge on any atom is 0.241 e. The van der Waals surface area contributed by atoms with Crippen molar-refractivity contribution in [3.05, 3.63) is 60.7 Å². The van der Waals surface area contributed by atoms with Crippen molar-refractivity contribution in [2.75, 3.05) is 36.4 Å². The molecule has 2 aromatic heterocycles. The number of rotatable bonds is 4. The Balaban J connectivity index is 1.43. The maximum atomic E-state index is 14.1. The number of benzene rings is 1. The molecule has 1 aliphatic rings. The van der Waals surface area contributed by atoms with Crippen molar-refractivity contribution < 1.29 is 9.18 Å². The lowest BCUT2D eigenvalue weighted by molar-refractivity contribution is -0.120. The molecule has 0 unspecified atom stereocenters. The predicted molar refractivity (Wildman–Crippen MR) is 112 cm³/mol. The standard InChI is InChI=1S/C22H24FN5O/c1-16(22(29)26-20-9-2-8-19-17(20)6-3-10-24-19)27-12-5-13-28(15-14-27)21-18(23)7-4-11-25-21/h2-4,6-11,16H,5,12-15H2,1H3,(H,26,29)/t16-/m1/s1. The smallest absolute Gasteiger partial charge is 0.241 e. The summed E-state index contributed by atoms with van der Waals surface area (Å²) in [5.41, 5.74) is 1.61. The molecule has 7 heteroatoms. The molecule has 4 rings (SSSR count). The van der Waals surface area contributed by atoms with Crippen LogP contribution in [0.2, 0.25) is 0 Å². The highest BCUT2D eigenvalue weighted by molar-refractivity contribution is 6.02. The average molecular weight is 393 g/mol. The third-order valence-corrected chi connectivity index (χ3v) is 5.40. The molecule has 0 saturated carbocycles. The van der Waals surface area contributed by atoms with E-state index < -0.39 is 0 Å². The summed E-state index contributed by atoms with van der Waals surface area (Å²) in [5, 5.41) is 3.97. The van der Waals surface area contributed by atoms with Crippen LogP contribution in [-0.4, -0.2) is 53.0 Å². The summed E-state index contributed by atoms with van der Waals surface area (Å²) in [7, 11) is 0. The number of aromatic nitrogens is 2. The zero-order chi connectivity index (χ0) is 20.2. The second-order valence-corrected chi connectivity index (χ2v) is 7.23. The van der Waals surface area contributed by atoms with Gasteiger partial charge in [0.1, 0.15) is 0 Å². The topological polar surface area (TPSA) is 61.4 Å². The zero-order valence-corrected chi connectivity index (χ0v) is 16.4. The Kier molecular flexibility index (Phi) is 5.67. The quantitative estimate of drug-likeness (QED) is 0.737. The summed E-state index contributed by atoms with van der Waals surface area (Å²) in [5.74, 6) is 0.0184. The molecule has 1 saturated heterocycles. The van der Waals surface area contributed by atoms with Crippen molar-refractivity contribution >= 4 is 28.3 Å². The first-order valence-electron chi connectivity index (χ1n) is 9.87. The summed E-state index contributed by atoms with van der Waals surface area (Å²) in [6.07, 6.45) is 4.19. The number of anilines is 2. The molecular weight excluding hydrogens is 369 g/mol. The average Bonchev–Trinajstić information content (AvgIpc) is 3.00. The molecule has 1 amide bonds. The summed E-state index contributed by atoms with van der Waals surface area (Å²) in [6.45, 7) is 4.70. The molecule has 0 bridgehead atoms. The van der Waals surface area contributed by atoms with Crippen LogP contribution in [0.25, 0.3) is 10.9 Å². The normalized spacial score (nSPS) is 16.4. The summed E-state index contributed by atoms with van der Waals surface area (Å²) in [4.78, 5) is 25.5. The highest BCUT2D eigenvalue weighted by atomic mass is 19.1. The number of hydrogen-bond acceptors (Lipinski definition) is 5. The van der Waals surface area contributed by atoms with Crippen LogP contribution in [0.1, 0.15) is 13.3 Å². The van der Waals surface area contributed by atoms with Gasteiger partial charge in [-0.3, -0.25) is 14.7 Å². The van der Waals surface area contributed by atoms with Gasteiger partial charge in [-0.2, -0.15) is 0 Å². The van der Waals surface area contributed by atoms with Crippen molar-refractivity contribution in [3.8, 4) is 0 Å². The molecular formula is C22H24FN5O. The molecule has 1 aromatic carbocycles. The monoisotopic (exact) mass is 393 g/mol. The van der Waals surface area contributed by atoms with Gasteiger partial charge >= 0.3 is 0 Å². The third-order valence-electron chi connectivity index (χ3n) is 5.40. The summed E-state index contributed by atoms with van der Waals surface area (Å²) < 4.78 is 14.1. The third kappa shape index (κ3) is 4.19. The molecule has 1 N–H and O–H groups in total. The Morgan fingerprint density at radius 1 is 1.03 bits per heavy atom. The Labute approximate surface area is 169 Å². The van der Waals surface area contributed by atoms with Crippen LogP contribution in [0.3, 0.4) is 0 Å². The number of carbonyl (C=O) groups excluding carboxylic acids is 1. The van der Waals surface area contributed by atoms with Crippen LogP contribution in [0.15, 0.2) is 54.9 Å². The van der Waals surface area contributed by atoms with Crippen LogP contribution in [0.5, 0.6) is 0 Å². The number of nitrogens with zero attached hydrogens (tertiary/aromatic N) is 4. The van der Waals surface area contributed by atoms with E-state index in [9.17, 15) is 9.18 Å². The van der Waals surface area contributed by atoms with Gasteiger partial charge in [-0.05, 0) is 49.7 Å². The Bertz CT molecular complexity index is 1010. The van der Waals surface area contributed by atoms with Gasteiger partial charge in [-0.15, -0.1) is 0 Å². The molecule has 6 nitrogen and oxygen atoms in total. The fourth-order valence-electron chi connectivity index (χ4n) is 3.76. The van der Waals surface area contributed by atoms with Crippen molar-refractivity contribution in [1.82, 2.24) is 14.9 Å². The molecule has 1 fully saturated rings. The van der Waals surface area contributed by atoms with Gasteiger partial charge in [-0.1, -0.05) is 6.07 Å². The van der Waals surface area contributed by atoms with Gasteiger partial charge < -0.3 is 10.2 Å². The van der Waals surface area contributed by atoms with E-state index in [1.807, 2.05) is 42.2 Å². The molecule has 29 heavy (non-hydrogen) atoms. The van der Waals surface area contributed by atoms with E-state index in [1.54, 1.807) is 18.5 Å². The fraction of sp³-hybridized carbons (Fsp3) is 0.318. The summed E-state index contributed by atoms with van der Waals surface area (Å²) in [6, 6.07) is 12.3. The van der Waals surface area contributed by atoms with Gasteiger partial charge in [0, 0.05) is 44.0 Å². The van der Waals surface area contributed by atoms with Crippen LogP contribution in [0, 0.1) is 5.82 Å². The number of halogens is 1. The molecule has 0 spiro atoms. The minimum atomic E-state index is -0.309. The van der Waals surface area contributed by atoms with E-state index in [1.165, 1.54) is 6.07 Å². The number of amides is 1. The zero-order valence-electron chi connectivity index (χ0n) is 16.4. The minimum Gasteiger partial charge on any atom is -0.353 e. The van der Waals surface area contributed by atoms with E-state index >= 15 is 0 Å². The van der Waals surface area contributed by atoms with Crippen LogP contribution >= 0.6 is 0 Å². The van der Waals surface area contributed by atoms with Crippen LogP contribution in [0.4, 0.5) is 15.9 Å². The van der Waals surface area contributed by atoms with Gasteiger partial charge in [0.25, 0.3) is 0 Å². The van der Waals surface area contributed by atoms with E-state index in [4.69, 9.17) is 0 Å². The first-order chi connectivity index (χ1) is 14.1. The second-order valence-electron chi connectivity index (χ2n) is 7.23. The molecule has 0 aliphatic carbocycles. The van der Waals surface area contributed by atoms with E-state index in [0.29, 0.717) is 25.5 Å².